The van der Waals surface area contributed by atoms with E-state index < -0.39 is 0 Å². The molecule has 1 heterocycles. The van der Waals surface area contributed by atoms with Crippen LogP contribution in [0.15, 0.2) is 33.7 Å². The van der Waals surface area contributed by atoms with Crippen molar-refractivity contribution in [1.82, 2.24) is 15.6 Å². The molecule has 7 nitrogen and oxygen atoms in total. The lowest BCUT2D eigenvalue weighted by Gasteiger charge is -2.11. The van der Waals surface area contributed by atoms with Crippen molar-refractivity contribution >= 4 is 17.6 Å². The number of rotatable bonds is 5. The molecule has 2 rings (SSSR count). The molecule has 0 aliphatic carbocycles. The number of benzene rings is 1. The second kappa shape index (κ2) is 8.14. The fourth-order valence-electron chi connectivity index (χ4n) is 2.14. The number of aryl methyl sites for hydroxylation is 2. The Morgan fingerprint density at radius 1 is 1.25 bits per heavy atom. The van der Waals surface area contributed by atoms with Crippen LogP contribution in [0.4, 0.5) is 5.69 Å². The van der Waals surface area contributed by atoms with Crippen LogP contribution in [0.3, 0.4) is 0 Å². The molecule has 0 saturated heterocycles. The third-order valence-corrected chi connectivity index (χ3v) is 3.41. The molecular weight excluding hydrogens is 306 g/mol. The summed E-state index contributed by atoms with van der Waals surface area (Å²) in [6.07, 6.45) is 0. The van der Waals surface area contributed by atoms with E-state index in [0.29, 0.717) is 24.9 Å². The summed E-state index contributed by atoms with van der Waals surface area (Å²) in [6, 6.07) is 7.65. The van der Waals surface area contributed by atoms with Crippen LogP contribution in [0.1, 0.15) is 29.8 Å². The van der Waals surface area contributed by atoms with Crippen LogP contribution in [-0.4, -0.2) is 23.9 Å². The van der Waals surface area contributed by atoms with Gasteiger partial charge in [-0.15, -0.1) is 0 Å². The lowest BCUT2D eigenvalue weighted by atomic mass is 10.2. The molecule has 128 valence electrons. The van der Waals surface area contributed by atoms with E-state index in [2.05, 4.69) is 25.9 Å². The topological polar surface area (TPSA) is 91.5 Å². The number of carbonyl (C=O) groups excluding carboxylic acids is 1. The highest BCUT2D eigenvalue weighted by Crippen LogP contribution is 2.10. The van der Waals surface area contributed by atoms with Gasteiger partial charge in [0.2, 0.25) is 11.8 Å². The summed E-state index contributed by atoms with van der Waals surface area (Å²) >= 11 is 0. The molecule has 0 fully saturated rings. The number of amides is 1. The lowest BCUT2D eigenvalue weighted by molar-refractivity contribution is -0.114. The van der Waals surface area contributed by atoms with E-state index in [1.165, 1.54) is 6.92 Å². The molecule has 0 atom stereocenters. The van der Waals surface area contributed by atoms with E-state index in [1.807, 2.05) is 38.1 Å². The Morgan fingerprint density at radius 2 is 2.00 bits per heavy atom. The van der Waals surface area contributed by atoms with Gasteiger partial charge in [-0.05, 0) is 31.5 Å². The zero-order chi connectivity index (χ0) is 17.5. The van der Waals surface area contributed by atoms with Crippen LogP contribution in [-0.2, 0) is 17.9 Å². The highest BCUT2D eigenvalue weighted by molar-refractivity contribution is 5.88. The standard InChI is InChI=1S/C17H23N5O2/c1-11-12(2)24-16(21-11)10-20-17(18-4)19-9-14-6-5-7-15(8-14)22-13(3)23/h5-8H,9-10H2,1-4H3,(H,22,23)(H2,18,19,20). The summed E-state index contributed by atoms with van der Waals surface area (Å²) in [7, 11) is 1.70. The van der Waals surface area contributed by atoms with Crippen LogP contribution in [0.25, 0.3) is 0 Å². The van der Waals surface area contributed by atoms with Crippen molar-refractivity contribution in [3.63, 3.8) is 0 Å². The average molecular weight is 329 g/mol. The molecule has 0 spiro atoms. The summed E-state index contributed by atoms with van der Waals surface area (Å²) in [5.41, 5.74) is 2.70. The first kappa shape index (κ1) is 17.5. The molecule has 2 aromatic rings. The zero-order valence-corrected chi connectivity index (χ0v) is 14.4. The summed E-state index contributed by atoms with van der Waals surface area (Å²) < 4.78 is 5.53. The lowest BCUT2D eigenvalue weighted by Crippen LogP contribution is -2.36. The molecule has 7 heteroatoms. The predicted molar refractivity (Wildman–Crippen MR) is 93.8 cm³/mol. The minimum Gasteiger partial charge on any atom is -0.444 e. The van der Waals surface area contributed by atoms with Gasteiger partial charge in [0.15, 0.2) is 5.96 Å². The molecular formula is C17H23N5O2. The molecule has 0 aliphatic heterocycles. The summed E-state index contributed by atoms with van der Waals surface area (Å²) in [6.45, 7) is 6.33. The van der Waals surface area contributed by atoms with Gasteiger partial charge in [-0.3, -0.25) is 9.79 Å². The average Bonchev–Trinajstić information content (AvgIpc) is 2.85. The Hall–Kier alpha value is -2.83. The zero-order valence-electron chi connectivity index (χ0n) is 14.4. The number of anilines is 1. The number of guanidine groups is 1. The van der Waals surface area contributed by atoms with Crippen molar-refractivity contribution in [1.29, 1.82) is 0 Å². The third kappa shape index (κ3) is 5.12. The maximum Gasteiger partial charge on any atom is 0.221 e. The molecule has 1 aromatic carbocycles. The van der Waals surface area contributed by atoms with Crippen molar-refractivity contribution in [2.24, 2.45) is 4.99 Å². The van der Waals surface area contributed by atoms with Gasteiger partial charge in [-0.25, -0.2) is 4.98 Å². The number of oxazole rings is 1. The largest absolute Gasteiger partial charge is 0.444 e. The van der Waals surface area contributed by atoms with Gasteiger partial charge in [-0.2, -0.15) is 0 Å². The first-order valence-electron chi connectivity index (χ1n) is 7.72. The molecule has 24 heavy (non-hydrogen) atoms. The third-order valence-electron chi connectivity index (χ3n) is 3.41. The van der Waals surface area contributed by atoms with Crippen LogP contribution in [0.2, 0.25) is 0 Å². The second-order valence-corrected chi connectivity index (χ2v) is 5.41. The van der Waals surface area contributed by atoms with Gasteiger partial charge in [0.05, 0.1) is 12.2 Å². The first-order valence-corrected chi connectivity index (χ1v) is 7.72. The molecule has 0 radical (unpaired) electrons. The number of aromatic nitrogens is 1. The van der Waals surface area contributed by atoms with E-state index in [1.54, 1.807) is 7.05 Å². The molecule has 0 aliphatic rings. The van der Waals surface area contributed by atoms with Crippen molar-refractivity contribution < 1.29 is 9.21 Å². The number of aliphatic imine (C=N–C) groups is 1. The maximum absolute atomic E-state index is 11.1. The van der Waals surface area contributed by atoms with Gasteiger partial charge in [0, 0.05) is 26.2 Å². The Kier molecular flexibility index (Phi) is 5.95. The second-order valence-electron chi connectivity index (χ2n) is 5.41. The maximum atomic E-state index is 11.1. The van der Waals surface area contributed by atoms with Crippen LogP contribution < -0.4 is 16.0 Å². The number of nitrogens with one attached hydrogen (secondary N) is 3. The van der Waals surface area contributed by atoms with E-state index in [9.17, 15) is 4.79 Å². The molecule has 1 amide bonds. The SMILES string of the molecule is CN=C(NCc1cccc(NC(C)=O)c1)NCc1nc(C)c(C)o1. The van der Waals surface area contributed by atoms with Gasteiger partial charge >= 0.3 is 0 Å². The van der Waals surface area contributed by atoms with Crippen LogP contribution >= 0.6 is 0 Å². The first-order chi connectivity index (χ1) is 11.5. The number of carbonyl (C=O) groups is 1. The summed E-state index contributed by atoms with van der Waals surface area (Å²) in [5.74, 6) is 2.01. The van der Waals surface area contributed by atoms with Crippen molar-refractivity contribution in [2.75, 3.05) is 12.4 Å². The predicted octanol–water partition coefficient (Wildman–Crippen LogP) is 2.12. The van der Waals surface area contributed by atoms with Gasteiger partial charge in [-0.1, -0.05) is 12.1 Å². The number of hydrogen-bond acceptors (Lipinski definition) is 4. The summed E-state index contributed by atoms with van der Waals surface area (Å²) in [5, 5.41) is 9.14. The Bertz CT molecular complexity index is 717. The van der Waals surface area contributed by atoms with Gasteiger partial charge in [0.1, 0.15) is 5.76 Å². The van der Waals surface area contributed by atoms with Crippen molar-refractivity contribution in [3.8, 4) is 0 Å². The van der Waals surface area contributed by atoms with Gasteiger partial charge < -0.3 is 20.4 Å². The quantitative estimate of drug-likeness (QED) is 0.577. The highest BCUT2D eigenvalue weighted by Gasteiger charge is 2.06. The summed E-state index contributed by atoms with van der Waals surface area (Å²) in [4.78, 5) is 19.6. The molecule has 0 saturated carbocycles. The van der Waals surface area contributed by atoms with Crippen molar-refractivity contribution in [3.05, 3.63) is 47.2 Å². The monoisotopic (exact) mass is 329 g/mol. The molecule has 0 unspecified atom stereocenters. The van der Waals surface area contributed by atoms with E-state index in [4.69, 9.17) is 4.42 Å². The molecule has 0 bridgehead atoms. The minimum absolute atomic E-state index is 0.0888. The number of nitrogens with zero attached hydrogens (tertiary/aromatic N) is 2. The van der Waals surface area contributed by atoms with E-state index in [-0.39, 0.29) is 5.91 Å². The highest BCUT2D eigenvalue weighted by atomic mass is 16.4. The van der Waals surface area contributed by atoms with E-state index >= 15 is 0 Å². The Balaban J connectivity index is 1.88. The number of hydrogen-bond donors (Lipinski definition) is 3. The fourth-order valence-corrected chi connectivity index (χ4v) is 2.14. The Labute approximate surface area is 141 Å². The van der Waals surface area contributed by atoms with E-state index in [0.717, 1.165) is 22.7 Å². The fraction of sp³-hybridized carbons (Fsp3) is 0.353. The normalized spacial score (nSPS) is 11.2. The van der Waals surface area contributed by atoms with Gasteiger partial charge in [0.25, 0.3) is 0 Å². The molecule has 1 aromatic heterocycles. The van der Waals surface area contributed by atoms with Crippen LogP contribution in [0, 0.1) is 13.8 Å². The Morgan fingerprint density at radius 3 is 2.62 bits per heavy atom. The molecule has 3 N–H and O–H groups in total. The minimum atomic E-state index is -0.0888. The van der Waals surface area contributed by atoms with Crippen molar-refractivity contribution in [2.45, 2.75) is 33.9 Å². The smallest absolute Gasteiger partial charge is 0.221 e. The van der Waals surface area contributed by atoms with Crippen LogP contribution in [0.5, 0.6) is 0 Å².